The number of aromatic nitrogens is 1. The van der Waals surface area contributed by atoms with Crippen LogP contribution in [0.1, 0.15) is 20.8 Å². The van der Waals surface area contributed by atoms with Gasteiger partial charge in [-0.3, -0.25) is 0 Å². The van der Waals surface area contributed by atoms with Gasteiger partial charge in [-0.1, -0.05) is 0 Å². The van der Waals surface area contributed by atoms with Crippen molar-refractivity contribution >= 4 is 23.0 Å². The van der Waals surface area contributed by atoms with Crippen LogP contribution >= 0.6 is 12.2 Å². The Hall–Kier alpha value is -1.36. The molecular weight excluding hydrogens is 222 g/mol. The van der Waals surface area contributed by atoms with E-state index in [9.17, 15) is 0 Å². The van der Waals surface area contributed by atoms with Gasteiger partial charge < -0.3 is 15.4 Å². The Labute approximate surface area is 101 Å². The second-order valence-corrected chi connectivity index (χ2v) is 4.83. The van der Waals surface area contributed by atoms with E-state index in [1.54, 1.807) is 19.4 Å². The summed E-state index contributed by atoms with van der Waals surface area (Å²) in [5.41, 5.74) is 0.784. The third kappa shape index (κ3) is 4.44. The number of rotatable bonds is 2. The Morgan fingerprint density at radius 1 is 1.38 bits per heavy atom. The average Bonchev–Trinajstić information content (AvgIpc) is 2.16. The maximum atomic E-state index is 5.16. The molecule has 0 amide bonds. The summed E-state index contributed by atoms with van der Waals surface area (Å²) in [6.45, 7) is 6.15. The van der Waals surface area contributed by atoms with E-state index in [0.717, 1.165) is 5.69 Å². The molecule has 2 N–H and O–H groups in total. The lowest BCUT2D eigenvalue weighted by atomic mass is 10.1. The minimum atomic E-state index is -0.0516. The number of hydrogen-bond donors (Lipinski definition) is 2. The molecule has 0 fully saturated rings. The number of hydrogen-bond acceptors (Lipinski definition) is 3. The second-order valence-electron chi connectivity index (χ2n) is 4.42. The predicted octanol–water partition coefficient (Wildman–Crippen LogP) is 2.18. The highest BCUT2D eigenvalue weighted by Gasteiger charge is 2.10. The molecule has 0 aliphatic heterocycles. The molecule has 0 saturated heterocycles. The fourth-order valence-electron chi connectivity index (χ4n) is 1.08. The molecule has 1 aromatic rings. The molecule has 88 valence electrons. The third-order valence-electron chi connectivity index (χ3n) is 1.69. The molecule has 0 aliphatic carbocycles. The largest absolute Gasteiger partial charge is 0.481 e. The van der Waals surface area contributed by atoms with Crippen LogP contribution in [0.5, 0.6) is 5.88 Å². The molecule has 1 aromatic heterocycles. The first-order valence-corrected chi connectivity index (χ1v) is 5.41. The van der Waals surface area contributed by atoms with Crippen LogP contribution in [0.2, 0.25) is 0 Å². The number of anilines is 1. The van der Waals surface area contributed by atoms with Crippen LogP contribution < -0.4 is 15.4 Å². The Kier molecular flexibility index (Phi) is 4.06. The van der Waals surface area contributed by atoms with Crippen molar-refractivity contribution in [2.24, 2.45) is 0 Å². The average molecular weight is 239 g/mol. The number of nitrogens with one attached hydrogen (secondary N) is 2. The van der Waals surface area contributed by atoms with Crippen molar-refractivity contribution in [2.45, 2.75) is 26.3 Å². The van der Waals surface area contributed by atoms with E-state index < -0.39 is 0 Å². The first-order valence-electron chi connectivity index (χ1n) is 5.00. The molecule has 0 saturated carbocycles. The molecule has 0 radical (unpaired) electrons. The van der Waals surface area contributed by atoms with Gasteiger partial charge in [-0.15, -0.1) is 0 Å². The Morgan fingerprint density at radius 3 is 2.50 bits per heavy atom. The molecular formula is C11H17N3OS. The Bertz CT molecular complexity index is 356. The molecule has 1 heterocycles. The SMILES string of the molecule is COc1ccc(NC(=S)NC(C)(C)C)cn1. The van der Waals surface area contributed by atoms with Crippen LogP contribution in [0.25, 0.3) is 0 Å². The highest BCUT2D eigenvalue weighted by molar-refractivity contribution is 7.80. The smallest absolute Gasteiger partial charge is 0.213 e. The van der Waals surface area contributed by atoms with Gasteiger partial charge in [-0.25, -0.2) is 4.98 Å². The molecule has 0 aliphatic rings. The first kappa shape index (κ1) is 12.7. The van der Waals surface area contributed by atoms with Crippen molar-refractivity contribution in [3.63, 3.8) is 0 Å². The van der Waals surface area contributed by atoms with Gasteiger partial charge in [0.2, 0.25) is 5.88 Å². The minimum Gasteiger partial charge on any atom is -0.481 e. The first-order chi connectivity index (χ1) is 7.40. The molecule has 5 heteroatoms. The summed E-state index contributed by atoms with van der Waals surface area (Å²) in [5.74, 6) is 0.584. The van der Waals surface area contributed by atoms with Gasteiger partial charge in [-0.2, -0.15) is 0 Å². The fraction of sp³-hybridized carbons (Fsp3) is 0.455. The highest BCUT2D eigenvalue weighted by atomic mass is 32.1. The number of nitrogens with zero attached hydrogens (tertiary/aromatic N) is 1. The minimum absolute atomic E-state index is 0.0516. The quantitative estimate of drug-likeness (QED) is 0.775. The van der Waals surface area contributed by atoms with Gasteiger partial charge in [0.25, 0.3) is 0 Å². The lowest BCUT2D eigenvalue weighted by molar-refractivity contribution is 0.398. The van der Waals surface area contributed by atoms with Gasteiger partial charge in [-0.05, 0) is 39.1 Å². The Balaban J connectivity index is 2.56. The fourth-order valence-corrected chi connectivity index (χ4v) is 1.50. The van der Waals surface area contributed by atoms with Crippen molar-refractivity contribution in [2.75, 3.05) is 12.4 Å². The van der Waals surface area contributed by atoms with E-state index in [0.29, 0.717) is 11.0 Å². The maximum absolute atomic E-state index is 5.16. The van der Waals surface area contributed by atoms with Crippen LogP contribution in [0.15, 0.2) is 18.3 Å². The number of pyridine rings is 1. The molecule has 0 unspecified atom stereocenters. The standard InChI is InChI=1S/C11H17N3OS/c1-11(2,3)14-10(16)13-8-5-6-9(15-4)12-7-8/h5-7H,1-4H3,(H2,13,14,16). The monoisotopic (exact) mass is 239 g/mol. The van der Waals surface area contributed by atoms with Crippen molar-refractivity contribution < 1.29 is 4.74 Å². The van der Waals surface area contributed by atoms with Crippen molar-refractivity contribution in [3.8, 4) is 5.88 Å². The number of ether oxygens (including phenoxy) is 1. The van der Waals surface area contributed by atoms with Gasteiger partial charge in [0.05, 0.1) is 19.0 Å². The molecule has 1 rings (SSSR count). The van der Waals surface area contributed by atoms with Crippen molar-refractivity contribution in [3.05, 3.63) is 18.3 Å². The summed E-state index contributed by atoms with van der Waals surface area (Å²) in [6, 6.07) is 3.64. The molecule has 16 heavy (non-hydrogen) atoms. The van der Waals surface area contributed by atoms with E-state index in [1.165, 1.54) is 0 Å². The maximum Gasteiger partial charge on any atom is 0.213 e. The van der Waals surface area contributed by atoms with E-state index in [-0.39, 0.29) is 5.54 Å². The van der Waals surface area contributed by atoms with E-state index in [1.807, 2.05) is 26.8 Å². The third-order valence-corrected chi connectivity index (χ3v) is 1.90. The summed E-state index contributed by atoms with van der Waals surface area (Å²) >= 11 is 5.16. The topological polar surface area (TPSA) is 46.2 Å². The zero-order valence-electron chi connectivity index (χ0n) is 10.00. The molecule has 4 nitrogen and oxygen atoms in total. The van der Waals surface area contributed by atoms with Crippen LogP contribution in [0.3, 0.4) is 0 Å². The van der Waals surface area contributed by atoms with E-state index in [2.05, 4.69) is 15.6 Å². The summed E-state index contributed by atoms with van der Waals surface area (Å²) < 4.78 is 4.97. The normalized spacial score (nSPS) is 10.8. The van der Waals surface area contributed by atoms with E-state index in [4.69, 9.17) is 17.0 Å². The Morgan fingerprint density at radius 2 is 2.06 bits per heavy atom. The number of thiocarbonyl (C=S) groups is 1. The second kappa shape index (κ2) is 5.12. The van der Waals surface area contributed by atoms with Crippen LogP contribution in [-0.2, 0) is 0 Å². The molecule has 0 aromatic carbocycles. The summed E-state index contributed by atoms with van der Waals surface area (Å²) in [4.78, 5) is 4.07. The summed E-state index contributed by atoms with van der Waals surface area (Å²) in [7, 11) is 1.58. The van der Waals surface area contributed by atoms with Crippen molar-refractivity contribution in [1.29, 1.82) is 0 Å². The van der Waals surface area contributed by atoms with E-state index >= 15 is 0 Å². The predicted molar refractivity (Wildman–Crippen MR) is 69.9 cm³/mol. The summed E-state index contributed by atoms with van der Waals surface area (Å²) in [5, 5.41) is 6.79. The van der Waals surface area contributed by atoms with Gasteiger partial charge in [0.1, 0.15) is 0 Å². The van der Waals surface area contributed by atoms with Crippen LogP contribution in [0, 0.1) is 0 Å². The lowest BCUT2D eigenvalue weighted by Crippen LogP contribution is -2.42. The van der Waals surface area contributed by atoms with Gasteiger partial charge >= 0.3 is 0 Å². The summed E-state index contributed by atoms with van der Waals surface area (Å²) in [6.07, 6.45) is 1.68. The molecule has 0 atom stereocenters. The molecule has 0 spiro atoms. The zero-order valence-corrected chi connectivity index (χ0v) is 10.8. The lowest BCUT2D eigenvalue weighted by Gasteiger charge is -2.22. The van der Waals surface area contributed by atoms with Gasteiger partial charge in [0, 0.05) is 11.6 Å². The number of methoxy groups -OCH3 is 1. The van der Waals surface area contributed by atoms with Crippen LogP contribution in [0.4, 0.5) is 5.69 Å². The van der Waals surface area contributed by atoms with Crippen LogP contribution in [-0.4, -0.2) is 22.7 Å². The van der Waals surface area contributed by atoms with Gasteiger partial charge in [0.15, 0.2) is 5.11 Å². The van der Waals surface area contributed by atoms with Crippen molar-refractivity contribution in [1.82, 2.24) is 10.3 Å². The zero-order chi connectivity index (χ0) is 12.2. The highest BCUT2D eigenvalue weighted by Crippen LogP contribution is 2.11. The molecule has 0 bridgehead atoms.